The van der Waals surface area contributed by atoms with Crippen molar-refractivity contribution in [2.45, 2.75) is 71.8 Å². The van der Waals surface area contributed by atoms with Crippen LogP contribution in [0.2, 0.25) is 0 Å². The lowest BCUT2D eigenvalue weighted by Gasteiger charge is -2.55. The fourth-order valence-electron chi connectivity index (χ4n) is 6.29. The SMILES string of the molecule is Cc1nnc(CCNC(=O)[C@H](NC(=O)C23CC4CC(CC(C4)C2)C3)C(C)C)n1C. The standard InChI is InChI=1S/C22H35N5O2/c1-13(2)19(20(28)23-6-5-18-26-25-14(3)27(18)4)24-21(29)22-10-15-7-16(11-22)9-17(8-15)12-22/h13,15-17,19H,5-12H2,1-4H3,(H,23,28)(H,24,29)/t15?,16?,17?,19-,22?/m1/s1. The summed E-state index contributed by atoms with van der Waals surface area (Å²) in [5.74, 6) is 3.92. The predicted molar refractivity (Wildman–Crippen MR) is 110 cm³/mol. The summed E-state index contributed by atoms with van der Waals surface area (Å²) in [4.78, 5) is 26.2. The zero-order valence-corrected chi connectivity index (χ0v) is 18.2. The number of aromatic nitrogens is 3. The van der Waals surface area contributed by atoms with Crippen LogP contribution in [0.5, 0.6) is 0 Å². The molecule has 4 aliphatic carbocycles. The lowest BCUT2D eigenvalue weighted by atomic mass is 9.49. The van der Waals surface area contributed by atoms with E-state index in [0.29, 0.717) is 30.7 Å². The smallest absolute Gasteiger partial charge is 0.242 e. The maximum absolute atomic E-state index is 13.3. The molecule has 0 aliphatic heterocycles. The van der Waals surface area contributed by atoms with Crippen LogP contribution >= 0.6 is 0 Å². The molecule has 4 bridgehead atoms. The number of hydrogen-bond acceptors (Lipinski definition) is 4. The van der Waals surface area contributed by atoms with Crippen LogP contribution in [-0.2, 0) is 23.1 Å². The van der Waals surface area contributed by atoms with Crippen LogP contribution in [0, 0.1) is 36.0 Å². The summed E-state index contributed by atoms with van der Waals surface area (Å²) in [6.45, 7) is 6.39. The highest BCUT2D eigenvalue weighted by Gasteiger charge is 2.55. The number of rotatable bonds is 7. The van der Waals surface area contributed by atoms with Gasteiger partial charge < -0.3 is 15.2 Å². The second-order valence-corrected chi connectivity index (χ2v) is 10.2. The molecule has 0 spiro atoms. The van der Waals surface area contributed by atoms with Crippen molar-refractivity contribution in [3.8, 4) is 0 Å². The van der Waals surface area contributed by atoms with E-state index in [4.69, 9.17) is 0 Å². The molecule has 0 radical (unpaired) electrons. The van der Waals surface area contributed by atoms with Gasteiger partial charge >= 0.3 is 0 Å². The zero-order chi connectivity index (χ0) is 20.8. The van der Waals surface area contributed by atoms with Gasteiger partial charge in [-0.2, -0.15) is 0 Å². The summed E-state index contributed by atoms with van der Waals surface area (Å²) in [7, 11) is 1.93. The van der Waals surface area contributed by atoms with Crippen molar-refractivity contribution in [1.82, 2.24) is 25.4 Å². The number of aryl methyl sites for hydroxylation is 1. The second-order valence-electron chi connectivity index (χ2n) is 10.2. The molecule has 0 aromatic carbocycles. The molecular weight excluding hydrogens is 366 g/mol. The topological polar surface area (TPSA) is 88.9 Å². The van der Waals surface area contributed by atoms with Gasteiger partial charge in [0.1, 0.15) is 17.7 Å². The number of nitrogens with zero attached hydrogens (tertiary/aromatic N) is 3. The van der Waals surface area contributed by atoms with E-state index in [1.165, 1.54) is 19.3 Å². The number of hydrogen-bond donors (Lipinski definition) is 2. The molecular formula is C22H35N5O2. The molecule has 1 atom stereocenters. The number of nitrogens with one attached hydrogen (secondary N) is 2. The number of carbonyl (C=O) groups excluding carboxylic acids is 2. The molecule has 29 heavy (non-hydrogen) atoms. The van der Waals surface area contributed by atoms with Gasteiger partial charge in [0, 0.05) is 25.4 Å². The average Bonchev–Trinajstić information content (AvgIpc) is 2.96. The molecule has 4 fully saturated rings. The predicted octanol–water partition coefficient (Wildman–Crippen LogP) is 2.14. The lowest BCUT2D eigenvalue weighted by molar-refractivity contribution is -0.149. The number of carbonyl (C=O) groups is 2. The van der Waals surface area contributed by atoms with Gasteiger partial charge in [-0.15, -0.1) is 10.2 Å². The maximum Gasteiger partial charge on any atom is 0.242 e. The third-order valence-electron chi connectivity index (χ3n) is 7.59. The van der Waals surface area contributed by atoms with Gasteiger partial charge in [-0.3, -0.25) is 9.59 Å². The van der Waals surface area contributed by atoms with Gasteiger partial charge in [-0.25, -0.2) is 0 Å². The molecule has 2 amide bonds. The van der Waals surface area contributed by atoms with Crippen molar-refractivity contribution >= 4 is 11.8 Å². The monoisotopic (exact) mass is 401 g/mol. The Hall–Kier alpha value is -1.92. The van der Waals surface area contributed by atoms with Crippen LogP contribution in [0.1, 0.15) is 64.0 Å². The molecule has 2 N–H and O–H groups in total. The van der Waals surface area contributed by atoms with Gasteiger partial charge in [0.2, 0.25) is 11.8 Å². The Balaban J connectivity index is 1.35. The van der Waals surface area contributed by atoms with Crippen molar-refractivity contribution in [3.63, 3.8) is 0 Å². The van der Waals surface area contributed by atoms with Gasteiger partial charge in [0.05, 0.1) is 0 Å². The summed E-state index contributed by atoms with van der Waals surface area (Å²) in [5.41, 5.74) is -0.224. The maximum atomic E-state index is 13.3. The first-order chi connectivity index (χ1) is 13.8. The van der Waals surface area contributed by atoms with Crippen LogP contribution < -0.4 is 10.6 Å². The van der Waals surface area contributed by atoms with Gasteiger partial charge in [0.15, 0.2) is 0 Å². The molecule has 1 heterocycles. The quantitative estimate of drug-likeness (QED) is 0.733. The third-order valence-corrected chi connectivity index (χ3v) is 7.59. The van der Waals surface area contributed by atoms with Crippen LogP contribution in [0.25, 0.3) is 0 Å². The normalized spacial score (nSPS) is 31.1. The highest BCUT2D eigenvalue weighted by Crippen LogP contribution is 2.60. The van der Waals surface area contributed by atoms with Gasteiger partial charge in [-0.05, 0) is 69.1 Å². The Morgan fingerprint density at radius 3 is 2.17 bits per heavy atom. The van der Waals surface area contributed by atoms with Crippen molar-refractivity contribution in [2.24, 2.45) is 36.1 Å². The molecule has 1 aromatic heterocycles. The Morgan fingerprint density at radius 2 is 1.69 bits per heavy atom. The van der Waals surface area contributed by atoms with E-state index in [1.807, 2.05) is 32.4 Å². The van der Waals surface area contributed by atoms with Crippen molar-refractivity contribution < 1.29 is 9.59 Å². The first kappa shape index (κ1) is 20.4. The summed E-state index contributed by atoms with van der Waals surface area (Å²) >= 11 is 0. The number of amides is 2. The minimum absolute atomic E-state index is 0.0462. The van der Waals surface area contributed by atoms with Crippen LogP contribution in [-0.4, -0.2) is 39.2 Å². The van der Waals surface area contributed by atoms with Crippen LogP contribution in [0.4, 0.5) is 0 Å². The summed E-state index contributed by atoms with van der Waals surface area (Å²) in [5, 5.41) is 14.3. The molecule has 5 rings (SSSR count). The van der Waals surface area contributed by atoms with E-state index < -0.39 is 6.04 Å². The minimum atomic E-state index is -0.489. The molecule has 4 saturated carbocycles. The molecule has 160 valence electrons. The molecule has 1 aromatic rings. The molecule has 0 unspecified atom stereocenters. The molecule has 4 aliphatic rings. The minimum Gasteiger partial charge on any atom is -0.354 e. The summed E-state index contributed by atoms with van der Waals surface area (Å²) in [6.07, 6.45) is 7.59. The zero-order valence-electron chi connectivity index (χ0n) is 18.2. The fraction of sp³-hybridized carbons (Fsp3) is 0.818. The molecule has 0 saturated heterocycles. The van der Waals surface area contributed by atoms with E-state index in [-0.39, 0.29) is 23.1 Å². The third kappa shape index (κ3) is 3.92. The Morgan fingerprint density at radius 1 is 1.10 bits per heavy atom. The first-order valence-corrected chi connectivity index (χ1v) is 11.2. The molecule has 7 heteroatoms. The van der Waals surface area contributed by atoms with E-state index in [1.54, 1.807) is 0 Å². The highest BCUT2D eigenvalue weighted by atomic mass is 16.2. The average molecular weight is 402 g/mol. The van der Waals surface area contributed by atoms with E-state index in [0.717, 1.165) is 30.9 Å². The van der Waals surface area contributed by atoms with Crippen molar-refractivity contribution in [1.29, 1.82) is 0 Å². The van der Waals surface area contributed by atoms with E-state index in [9.17, 15) is 9.59 Å². The van der Waals surface area contributed by atoms with E-state index >= 15 is 0 Å². The van der Waals surface area contributed by atoms with Crippen LogP contribution in [0.15, 0.2) is 0 Å². The summed E-state index contributed by atoms with van der Waals surface area (Å²) < 4.78 is 1.93. The Bertz CT molecular complexity index is 749. The second kappa shape index (κ2) is 7.73. The Labute approximate surface area is 173 Å². The lowest BCUT2D eigenvalue weighted by Crippen LogP contribution is -2.58. The first-order valence-electron chi connectivity index (χ1n) is 11.2. The van der Waals surface area contributed by atoms with Gasteiger partial charge in [-0.1, -0.05) is 13.8 Å². The fourth-order valence-corrected chi connectivity index (χ4v) is 6.29. The largest absolute Gasteiger partial charge is 0.354 e. The van der Waals surface area contributed by atoms with Gasteiger partial charge in [0.25, 0.3) is 0 Å². The highest BCUT2D eigenvalue weighted by molar-refractivity contribution is 5.90. The van der Waals surface area contributed by atoms with E-state index in [2.05, 4.69) is 20.8 Å². The molecule has 7 nitrogen and oxygen atoms in total. The Kier molecular flexibility index (Phi) is 5.42. The van der Waals surface area contributed by atoms with Crippen LogP contribution in [0.3, 0.4) is 0 Å². The summed E-state index contributed by atoms with van der Waals surface area (Å²) in [6, 6.07) is -0.489. The van der Waals surface area contributed by atoms with Crippen molar-refractivity contribution in [3.05, 3.63) is 11.6 Å². The van der Waals surface area contributed by atoms with Crippen molar-refractivity contribution in [2.75, 3.05) is 6.54 Å².